The zero-order valence-electron chi connectivity index (χ0n) is 8.34. The van der Waals surface area contributed by atoms with E-state index in [0.717, 1.165) is 0 Å². The second-order valence-electron chi connectivity index (χ2n) is 3.60. The number of hydrogen-bond donors (Lipinski definition) is 1. The number of anilines is 1. The number of amides is 1. The third-order valence-corrected chi connectivity index (χ3v) is 2.54. The van der Waals surface area contributed by atoms with Crippen molar-refractivity contribution in [2.45, 2.75) is 0 Å². The van der Waals surface area contributed by atoms with Crippen molar-refractivity contribution < 1.29 is 19.4 Å². The lowest BCUT2D eigenvalue weighted by Gasteiger charge is -2.15. The lowest BCUT2D eigenvalue weighted by Crippen LogP contribution is -2.25. The number of rotatable bonds is 1. The Balaban J connectivity index is 1.94. The van der Waals surface area contributed by atoms with E-state index in [2.05, 4.69) is 0 Å². The summed E-state index contributed by atoms with van der Waals surface area (Å²) in [6.07, 6.45) is 1.21. The quantitative estimate of drug-likeness (QED) is 0.771. The van der Waals surface area contributed by atoms with Crippen molar-refractivity contribution in [3.05, 3.63) is 30.0 Å². The van der Waals surface area contributed by atoms with Crippen molar-refractivity contribution in [1.29, 1.82) is 0 Å². The smallest absolute Gasteiger partial charge is 0.254 e. The minimum Gasteiger partial charge on any atom is -0.510 e. The van der Waals surface area contributed by atoms with Gasteiger partial charge in [0, 0.05) is 17.8 Å². The Kier molecular flexibility index (Phi) is 1.80. The molecule has 1 N–H and O–H groups in total. The first-order valence-corrected chi connectivity index (χ1v) is 4.85. The maximum absolute atomic E-state index is 11.5. The summed E-state index contributed by atoms with van der Waals surface area (Å²) in [5.41, 5.74) is 0.689. The van der Waals surface area contributed by atoms with E-state index in [1.165, 1.54) is 11.0 Å². The van der Waals surface area contributed by atoms with Crippen molar-refractivity contribution >= 4 is 11.6 Å². The molecule has 82 valence electrons. The number of fused-ring (bicyclic) bond motifs is 1. The fraction of sp³-hybridized carbons (Fsp3) is 0.182. The number of hydrogen-bond acceptors (Lipinski definition) is 4. The molecule has 0 saturated heterocycles. The lowest BCUT2D eigenvalue weighted by atomic mass is 10.2. The lowest BCUT2D eigenvalue weighted by molar-refractivity contribution is -0.113. The van der Waals surface area contributed by atoms with Crippen molar-refractivity contribution in [1.82, 2.24) is 0 Å². The highest BCUT2D eigenvalue weighted by molar-refractivity contribution is 6.04. The molecule has 0 aliphatic carbocycles. The Bertz CT molecular complexity index is 495. The standard InChI is InChI=1S/C11H9NO4/c13-8-4-11(14)12(5-8)7-1-2-9-10(3-7)16-6-15-9/h1-4,13H,5-6H2. The van der Waals surface area contributed by atoms with Crippen LogP contribution in [0.3, 0.4) is 0 Å². The van der Waals surface area contributed by atoms with Gasteiger partial charge in [-0.05, 0) is 12.1 Å². The normalized spacial score (nSPS) is 17.9. The molecule has 2 heterocycles. The van der Waals surface area contributed by atoms with Gasteiger partial charge in [-0.15, -0.1) is 0 Å². The first kappa shape index (κ1) is 9.08. The monoisotopic (exact) mass is 219 g/mol. The predicted octanol–water partition coefficient (Wildman–Crippen LogP) is 1.20. The fourth-order valence-corrected chi connectivity index (χ4v) is 1.78. The minimum absolute atomic E-state index is 0.0719. The van der Waals surface area contributed by atoms with E-state index >= 15 is 0 Å². The van der Waals surface area contributed by atoms with Crippen LogP contribution in [0.4, 0.5) is 5.69 Å². The third-order valence-electron chi connectivity index (χ3n) is 2.54. The Morgan fingerprint density at radius 1 is 1.25 bits per heavy atom. The van der Waals surface area contributed by atoms with Crippen LogP contribution < -0.4 is 14.4 Å². The summed E-state index contributed by atoms with van der Waals surface area (Å²) in [6.45, 7) is 0.411. The van der Waals surface area contributed by atoms with Gasteiger partial charge in [0.2, 0.25) is 6.79 Å². The molecule has 0 spiro atoms. The van der Waals surface area contributed by atoms with E-state index in [4.69, 9.17) is 9.47 Å². The SMILES string of the molecule is O=C1C=C(O)CN1c1ccc2c(c1)OCO2. The van der Waals surface area contributed by atoms with Gasteiger partial charge in [0.15, 0.2) is 11.5 Å². The summed E-state index contributed by atoms with van der Waals surface area (Å²) >= 11 is 0. The van der Waals surface area contributed by atoms with Crippen molar-refractivity contribution in [3.8, 4) is 11.5 Å². The summed E-state index contributed by atoms with van der Waals surface area (Å²) in [6, 6.07) is 5.24. The highest BCUT2D eigenvalue weighted by Gasteiger charge is 2.24. The van der Waals surface area contributed by atoms with Crippen LogP contribution in [0.15, 0.2) is 30.0 Å². The van der Waals surface area contributed by atoms with Crippen LogP contribution in [-0.2, 0) is 4.79 Å². The molecule has 16 heavy (non-hydrogen) atoms. The van der Waals surface area contributed by atoms with Crippen molar-refractivity contribution in [2.75, 3.05) is 18.2 Å². The molecule has 0 saturated carbocycles. The number of aliphatic hydroxyl groups excluding tert-OH is 1. The molecule has 5 nitrogen and oxygen atoms in total. The minimum atomic E-state index is -0.226. The predicted molar refractivity (Wildman–Crippen MR) is 55.6 cm³/mol. The van der Waals surface area contributed by atoms with Crippen LogP contribution in [-0.4, -0.2) is 24.4 Å². The van der Waals surface area contributed by atoms with Crippen molar-refractivity contribution in [3.63, 3.8) is 0 Å². The van der Waals surface area contributed by atoms with Gasteiger partial charge < -0.3 is 19.5 Å². The molecule has 0 atom stereocenters. The maximum Gasteiger partial charge on any atom is 0.254 e. The van der Waals surface area contributed by atoms with Gasteiger partial charge in [-0.25, -0.2) is 0 Å². The van der Waals surface area contributed by atoms with Gasteiger partial charge in [0.25, 0.3) is 5.91 Å². The average molecular weight is 219 g/mol. The van der Waals surface area contributed by atoms with Gasteiger partial charge in [-0.2, -0.15) is 0 Å². The first-order valence-electron chi connectivity index (χ1n) is 4.85. The van der Waals surface area contributed by atoms with Crippen LogP contribution in [0.2, 0.25) is 0 Å². The topological polar surface area (TPSA) is 59.0 Å². The highest BCUT2D eigenvalue weighted by Crippen LogP contribution is 2.36. The second-order valence-corrected chi connectivity index (χ2v) is 3.60. The molecule has 1 aromatic carbocycles. The number of nitrogens with zero attached hydrogens (tertiary/aromatic N) is 1. The molecule has 0 bridgehead atoms. The third kappa shape index (κ3) is 1.29. The molecule has 5 heteroatoms. The van der Waals surface area contributed by atoms with E-state index < -0.39 is 0 Å². The molecule has 0 radical (unpaired) electrons. The molecule has 1 amide bonds. The zero-order valence-corrected chi connectivity index (χ0v) is 8.34. The van der Waals surface area contributed by atoms with Crippen LogP contribution >= 0.6 is 0 Å². The molecule has 0 unspecified atom stereocenters. The molecule has 3 rings (SSSR count). The van der Waals surface area contributed by atoms with E-state index in [1.807, 2.05) is 0 Å². The second kappa shape index (κ2) is 3.16. The zero-order chi connectivity index (χ0) is 11.1. The van der Waals surface area contributed by atoms with E-state index in [-0.39, 0.29) is 25.0 Å². The van der Waals surface area contributed by atoms with Gasteiger partial charge >= 0.3 is 0 Å². The highest BCUT2D eigenvalue weighted by atomic mass is 16.7. The molecule has 2 aliphatic rings. The van der Waals surface area contributed by atoms with Crippen LogP contribution in [0.5, 0.6) is 11.5 Å². The summed E-state index contributed by atoms with van der Waals surface area (Å²) < 4.78 is 10.4. The number of benzene rings is 1. The number of ether oxygens (including phenoxy) is 2. The number of aliphatic hydroxyl groups is 1. The Morgan fingerprint density at radius 2 is 2.06 bits per heavy atom. The maximum atomic E-state index is 11.5. The average Bonchev–Trinajstić information content (AvgIpc) is 2.83. The number of carbonyl (C=O) groups excluding carboxylic acids is 1. The van der Waals surface area contributed by atoms with Gasteiger partial charge in [0.05, 0.1) is 6.54 Å². The van der Waals surface area contributed by atoms with Crippen LogP contribution in [0.1, 0.15) is 0 Å². The molecule has 0 aromatic heterocycles. The molecule has 1 aromatic rings. The van der Waals surface area contributed by atoms with Gasteiger partial charge in [-0.3, -0.25) is 4.79 Å². The van der Waals surface area contributed by atoms with E-state index in [1.54, 1.807) is 18.2 Å². The molecular weight excluding hydrogens is 210 g/mol. The Labute approximate surface area is 91.5 Å². The molecule has 0 fully saturated rings. The summed E-state index contributed by atoms with van der Waals surface area (Å²) in [5.74, 6) is 1.14. The summed E-state index contributed by atoms with van der Waals surface area (Å²) in [5, 5.41) is 9.27. The van der Waals surface area contributed by atoms with Crippen molar-refractivity contribution in [2.24, 2.45) is 0 Å². The molecular formula is C11H9NO4. The van der Waals surface area contributed by atoms with E-state index in [9.17, 15) is 9.90 Å². The van der Waals surface area contributed by atoms with Gasteiger partial charge in [-0.1, -0.05) is 0 Å². The van der Waals surface area contributed by atoms with Crippen LogP contribution in [0, 0.1) is 0 Å². The summed E-state index contributed by atoms with van der Waals surface area (Å²) in [4.78, 5) is 13.0. The van der Waals surface area contributed by atoms with E-state index in [0.29, 0.717) is 17.2 Å². The van der Waals surface area contributed by atoms with Gasteiger partial charge in [0.1, 0.15) is 5.76 Å². The largest absolute Gasteiger partial charge is 0.510 e. The first-order chi connectivity index (χ1) is 7.74. The molecule has 2 aliphatic heterocycles. The number of carbonyl (C=O) groups is 1. The Morgan fingerprint density at radius 3 is 2.81 bits per heavy atom. The fourth-order valence-electron chi connectivity index (χ4n) is 1.78. The summed E-state index contributed by atoms with van der Waals surface area (Å²) in [7, 11) is 0. The Hall–Kier alpha value is -2.17. The van der Waals surface area contributed by atoms with Crippen LogP contribution in [0.25, 0.3) is 0 Å².